The van der Waals surface area contributed by atoms with Gasteiger partial charge in [-0.15, -0.1) is 0 Å². The van der Waals surface area contributed by atoms with E-state index in [-0.39, 0.29) is 5.97 Å². The Bertz CT molecular complexity index is 700. The van der Waals surface area contributed by atoms with Gasteiger partial charge in [0.1, 0.15) is 18.9 Å². The smallest absolute Gasteiger partial charge is 0.330 e. The predicted octanol–water partition coefficient (Wildman–Crippen LogP) is 7.66. The van der Waals surface area contributed by atoms with E-state index in [4.69, 9.17) is 18.5 Å². The summed E-state index contributed by atoms with van der Waals surface area (Å²) in [7, 11) is 4.32. The van der Waals surface area contributed by atoms with Crippen molar-refractivity contribution in [3.8, 4) is 5.75 Å². The monoisotopic (exact) mass is 570 g/mol. The molecule has 0 fully saturated rings. The maximum Gasteiger partial charge on any atom is 0.330 e. The van der Waals surface area contributed by atoms with Gasteiger partial charge in [0.2, 0.25) is 0 Å². The first-order valence-corrected chi connectivity index (χ1v) is 16.3. The van der Waals surface area contributed by atoms with Crippen LogP contribution in [-0.4, -0.2) is 69.5 Å². The lowest BCUT2D eigenvalue weighted by molar-refractivity contribution is -0.870. The first-order chi connectivity index (χ1) is 18.8. The Morgan fingerprint density at radius 1 is 0.821 bits per heavy atom. The molecule has 0 spiro atoms. The van der Waals surface area contributed by atoms with Crippen LogP contribution in [-0.2, 0) is 18.6 Å². The van der Waals surface area contributed by atoms with Crippen molar-refractivity contribution in [2.45, 2.75) is 96.8 Å². The van der Waals surface area contributed by atoms with Crippen LogP contribution in [0.1, 0.15) is 96.8 Å². The van der Waals surface area contributed by atoms with Gasteiger partial charge < -0.3 is 27.9 Å². The topological polar surface area (TPSA) is 74.2 Å². The molecule has 1 aromatic rings. The number of carbonyl (C=O) groups excluding carboxylic acids is 1. The molecule has 226 valence electrons. The summed E-state index contributed by atoms with van der Waals surface area (Å²) in [6, 6.07) is 10.1. The summed E-state index contributed by atoms with van der Waals surface area (Å²) >= 11 is 0. The Hall–Kier alpha value is -1.24. The van der Waals surface area contributed by atoms with E-state index in [1.165, 1.54) is 51.4 Å². The molecular weight excluding hydrogens is 513 g/mol. The molecule has 0 saturated carbocycles. The minimum absolute atomic E-state index is 0.160. The van der Waals surface area contributed by atoms with E-state index in [1.807, 2.05) is 30.3 Å². The van der Waals surface area contributed by atoms with Crippen LogP contribution in [0.2, 0.25) is 0 Å². The van der Waals surface area contributed by atoms with E-state index in [9.17, 15) is 9.69 Å². The first-order valence-electron chi connectivity index (χ1n) is 15.2. The van der Waals surface area contributed by atoms with Crippen LogP contribution < -0.4 is 4.74 Å². The van der Waals surface area contributed by atoms with Gasteiger partial charge in [0.25, 0.3) is 0 Å². The molecule has 1 aromatic carbocycles. The van der Waals surface area contributed by atoms with Gasteiger partial charge in [-0.3, -0.25) is 4.79 Å². The zero-order valence-electron chi connectivity index (χ0n) is 25.3. The van der Waals surface area contributed by atoms with Gasteiger partial charge in [0.05, 0.1) is 41.0 Å². The summed E-state index contributed by atoms with van der Waals surface area (Å²) in [5.41, 5.74) is 0. The molecule has 0 aliphatic carbocycles. The van der Waals surface area contributed by atoms with E-state index >= 15 is 0 Å². The van der Waals surface area contributed by atoms with Gasteiger partial charge in [0, 0.05) is 12.8 Å². The third kappa shape index (κ3) is 23.2. The Kier molecular flexibility index (Phi) is 21.5. The highest BCUT2D eigenvalue weighted by atomic mass is 31.2. The molecule has 39 heavy (non-hydrogen) atoms. The summed E-state index contributed by atoms with van der Waals surface area (Å²) < 4.78 is 22.7. The van der Waals surface area contributed by atoms with Gasteiger partial charge in [-0.05, 0) is 37.3 Å². The van der Waals surface area contributed by atoms with Crippen molar-refractivity contribution in [2.75, 3.05) is 54.1 Å². The Morgan fingerprint density at radius 2 is 1.44 bits per heavy atom. The van der Waals surface area contributed by atoms with Crippen molar-refractivity contribution < 1.29 is 32.7 Å². The second-order valence-electron chi connectivity index (χ2n) is 11.5. The number of unbranched alkanes of at least 4 members (excludes halogenated alkanes) is 8. The van der Waals surface area contributed by atoms with E-state index < -0.39 is 8.60 Å². The van der Waals surface area contributed by atoms with Crippen LogP contribution in [0.5, 0.6) is 5.75 Å². The van der Waals surface area contributed by atoms with Crippen LogP contribution >= 0.6 is 8.60 Å². The number of nitrogens with zero attached hydrogens (tertiary/aromatic N) is 1. The second kappa shape index (κ2) is 23.5. The van der Waals surface area contributed by atoms with Crippen LogP contribution in [0.25, 0.3) is 0 Å². The maximum absolute atomic E-state index is 12.0. The second-order valence-corrected chi connectivity index (χ2v) is 12.5. The van der Waals surface area contributed by atoms with Crippen LogP contribution in [0.3, 0.4) is 0 Å². The molecule has 7 nitrogen and oxygen atoms in total. The Labute approximate surface area is 240 Å². The molecule has 1 rings (SSSR count). The number of para-hydroxylation sites is 1. The number of rotatable bonds is 26. The van der Waals surface area contributed by atoms with Crippen molar-refractivity contribution in [1.29, 1.82) is 0 Å². The maximum atomic E-state index is 12.0. The summed E-state index contributed by atoms with van der Waals surface area (Å²) in [6.07, 6.45) is 15.6. The SMILES string of the molecule is CCCCCCCCCC(CCCCCC(=O)OCCCOP(O)OCC[N+](C)(C)C)COc1ccccc1. The highest BCUT2D eigenvalue weighted by Gasteiger charge is 2.13. The zero-order chi connectivity index (χ0) is 28.6. The fraction of sp³-hybridized carbons (Fsp3) is 0.774. The summed E-state index contributed by atoms with van der Waals surface area (Å²) in [6.45, 7) is 4.88. The van der Waals surface area contributed by atoms with Gasteiger partial charge in [-0.25, -0.2) is 0 Å². The average molecular weight is 571 g/mol. The third-order valence-corrected chi connectivity index (χ3v) is 7.46. The summed E-state index contributed by atoms with van der Waals surface area (Å²) in [4.78, 5) is 21.8. The van der Waals surface area contributed by atoms with Crippen molar-refractivity contribution in [1.82, 2.24) is 0 Å². The van der Waals surface area contributed by atoms with Gasteiger partial charge >= 0.3 is 14.6 Å². The predicted molar refractivity (Wildman–Crippen MR) is 161 cm³/mol. The lowest BCUT2D eigenvalue weighted by Crippen LogP contribution is -2.37. The van der Waals surface area contributed by atoms with Crippen molar-refractivity contribution in [2.24, 2.45) is 5.92 Å². The molecule has 0 bridgehead atoms. The molecular formula is C31H57NO6P+. The zero-order valence-corrected chi connectivity index (χ0v) is 26.2. The van der Waals surface area contributed by atoms with Crippen LogP contribution in [0.15, 0.2) is 30.3 Å². The number of ether oxygens (including phenoxy) is 2. The highest BCUT2D eigenvalue weighted by Crippen LogP contribution is 2.32. The van der Waals surface area contributed by atoms with E-state index in [1.54, 1.807) is 0 Å². The van der Waals surface area contributed by atoms with Gasteiger partial charge in [-0.1, -0.05) is 82.9 Å². The van der Waals surface area contributed by atoms with E-state index in [2.05, 4.69) is 28.1 Å². The van der Waals surface area contributed by atoms with Crippen molar-refractivity contribution in [3.63, 3.8) is 0 Å². The fourth-order valence-electron chi connectivity index (χ4n) is 4.20. The molecule has 1 N–H and O–H groups in total. The molecule has 0 aliphatic rings. The molecule has 0 heterocycles. The van der Waals surface area contributed by atoms with Crippen LogP contribution in [0.4, 0.5) is 0 Å². The van der Waals surface area contributed by atoms with Gasteiger partial charge in [-0.2, -0.15) is 0 Å². The largest absolute Gasteiger partial charge is 0.493 e. The third-order valence-electron chi connectivity index (χ3n) is 6.66. The molecule has 2 unspecified atom stereocenters. The Morgan fingerprint density at radius 3 is 2.10 bits per heavy atom. The lowest BCUT2D eigenvalue weighted by Gasteiger charge is -2.23. The van der Waals surface area contributed by atoms with Crippen LogP contribution in [0, 0.1) is 5.92 Å². The minimum atomic E-state index is -1.87. The molecule has 0 saturated heterocycles. The van der Waals surface area contributed by atoms with E-state index in [0.717, 1.165) is 49.1 Å². The number of hydrogen-bond acceptors (Lipinski definition) is 6. The molecule has 0 aromatic heterocycles. The standard InChI is InChI=1S/C31H57NO6P/c1-5-6-7-8-9-10-13-19-29(28-36-30-21-15-12-16-22-30)20-14-11-17-23-31(33)35-25-18-26-37-39(34)38-27-24-32(2,3)4/h12,15-16,21-22,29,34H,5-11,13-14,17-20,23-28H2,1-4H3/q+1. The molecule has 2 atom stereocenters. The van der Waals surface area contributed by atoms with Gasteiger partial charge in [0.15, 0.2) is 0 Å². The minimum Gasteiger partial charge on any atom is -0.493 e. The molecule has 0 aliphatic heterocycles. The van der Waals surface area contributed by atoms with E-state index in [0.29, 0.717) is 38.6 Å². The lowest BCUT2D eigenvalue weighted by atomic mass is 9.95. The van der Waals surface area contributed by atoms with Crippen molar-refractivity contribution in [3.05, 3.63) is 30.3 Å². The summed E-state index contributed by atoms with van der Waals surface area (Å²) in [5.74, 6) is 1.34. The number of hydrogen-bond donors (Lipinski definition) is 1. The summed E-state index contributed by atoms with van der Waals surface area (Å²) in [5, 5.41) is 0. The molecule has 0 radical (unpaired) electrons. The number of benzene rings is 1. The normalized spacial score (nSPS) is 13.3. The number of quaternary nitrogens is 1. The Balaban J connectivity index is 2.13. The number of esters is 1. The highest BCUT2D eigenvalue weighted by molar-refractivity contribution is 7.40. The quantitative estimate of drug-likeness (QED) is 0.0533. The molecule has 0 amide bonds. The molecule has 8 heteroatoms. The average Bonchev–Trinajstić information content (AvgIpc) is 2.90. The number of likely N-dealkylation sites (N-methyl/N-ethyl adjacent to an activating group) is 1. The first kappa shape index (κ1) is 35.8. The fourth-order valence-corrected chi connectivity index (χ4v) is 4.80. The number of carbonyl (C=O) groups is 1. The van der Waals surface area contributed by atoms with Crippen molar-refractivity contribution >= 4 is 14.6 Å².